The smallest absolute Gasteiger partial charge is 0.309 e. The van der Waals surface area contributed by atoms with E-state index in [0.29, 0.717) is 22.0 Å². The van der Waals surface area contributed by atoms with Crippen molar-refractivity contribution in [2.24, 2.45) is 13.0 Å². The molecule has 9 nitrogen and oxygen atoms in total. The molecule has 0 amide bonds. The number of carboxylic acid groups (broad SMARTS) is 1. The van der Waals surface area contributed by atoms with Gasteiger partial charge in [0.25, 0.3) is 5.56 Å². The minimum absolute atomic E-state index is 0.0160. The molecule has 0 unspecified atom stereocenters. The summed E-state index contributed by atoms with van der Waals surface area (Å²) in [6.07, 6.45) is 2.39. The lowest BCUT2D eigenvalue weighted by atomic mass is 9.93. The Kier molecular flexibility index (Phi) is 7.02. The van der Waals surface area contributed by atoms with Gasteiger partial charge in [0, 0.05) is 25.4 Å². The van der Waals surface area contributed by atoms with Crippen molar-refractivity contribution in [1.29, 1.82) is 0 Å². The van der Waals surface area contributed by atoms with Crippen molar-refractivity contribution in [2.75, 3.05) is 0 Å². The number of rotatable bonds is 9. The van der Waals surface area contributed by atoms with Crippen molar-refractivity contribution >= 4 is 16.9 Å². The Hall–Kier alpha value is -3.92. The molecule has 0 aliphatic rings. The molecule has 2 aromatic carbocycles. The number of carbonyl (C=O) groups is 1. The van der Waals surface area contributed by atoms with Crippen molar-refractivity contribution in [3.8, 4) is 11.1 Å². The first-order chi connectivity index (χ1) is 16.7. The Bertz CT molecular complexity index is 1430. The van der Waals surface area contributed by atoms with Gasteiger partial charge in [-0.3, -0.25) is 14.3 Å². The standard InChI is InChI=1S/C25H26FN5O4/c1-15-3-7-19-22(11-15)28-29-31(24(19)33)10-9-20(25(34)35)23(32)8-6-16-4-5-17(12-21(16)26)18-13-27-30(2)14-18/h3-5,7,11-14,20,23,32H,6,8-10H2,1-2H3,(H,34,35)/t20-,23+/m0/s1. The van der Waals surface area contributed by atoms with Crippen LogP contribution >= 0.6 is 0 Å². The molecule has 0 saturated carbocycles. The van der Waals surface area contributed by atoms with E-state index in [1.165, 1.54) is 6.07 Å². The topological polar surface area (TPSA) is 123 Å². The lowest BCUT2D eigenvalue weighted by Crippen LogP contribution is -2.32. The summed E-state index contributed by atoms with van der Waals surface area (Å²) in [4.78, 5) is 24.5. The summed E-state index contributed by atoms with van der Waals surface area (Å²) in [5.41, 5.74) is 2.89. The second-order valence-electron chi connectivity index (χ2n) is 8.69. The number of carboxylic acids is 1. The Morgan fingerprint density at radius 2 is 1.94 bits per heavy atom. The number of benzene rings is 2. The normalized spacial score (nSPS) is 13.1. The van der Waals surface area contributed by atoms with Gasteiger partial charge in [0.15, 0.2) is 0 Å². The fourth-order valence-electron chi connectivity index (χ4n) is 4.08. The monoisotopic (exact) mass is 479 g/mol. The van der Waals surface area contributed by atoms with E-state index in [-0.39, 0.29) is 31.4 Å². The van der Waals surface area contributed by atoms with Crippen LogP contribution in [-0.2, 0) is 24.8 Å². The Morgan fingerprint density at radius 1 is 1.14 bits per heavy atom. The second kappa shape index (κ2) is 10.1. The molecule has 2 N–H and O–H groups in total. The third kappa shape index (κ3) is 5.43. The maximum Gasteiger partial charge on any atom is 0.309 e. The molecule has 2 atom stereocenters. The fraction of sp³-hybridized carbons (Fsp3) is 0.320. The molecule has 0 aliphatic carbocycles. The molecular weight excluding hydrogens is 453 g/mol. The summed E-state index contributed by atoms with van der Waals surface area (Å²) in [5.74, 6) is -2.77. The first kappa shape index (κ1) is 24.2. The summed E-state index contributed by atoms with van der Waals surface area (Å²) in [5, 5.41) is 32.6. The van der Waals surface area contributed by atoms with Crippen LogP contribution in [-0.4, -0.2) is 47.1 Å². The number of nitrogens with zero attached hydrogens (tertiary/aromatic N) is 5. The average molecular weight is 480 g/mol. The molecular formula is C25H26FN5O4. The van der Waals surface area contributed by atoms with Gasteiger partial charge >= 0.3 is 5.97 Å². The summed E-state index contributed by atoms with van der Waals surface area (Å²) in [6.45, 7) is 1.87. The zero-order valence-corrected chi connectivity index (χ0v) is 19.4. The van der Waals surface area contributed by atoms with E-state index in [0.717, 1.165) is 15.8 Å². The van der Waals surface area contributed by atoms with Crippen LogP contribution in [0.4, 0.5) is 4.39 Å². The van der Waals surface area contributed by atoms with E-state index in [2.05, 4.69) is 15.4 Å². The van der Waals surface area contributed by atoms with Crippen molar-refractivity contribution in [3.63, 3.8) is 0 Å². The highest BCUT2D eigenvalue weighted by Crippen LogP contribution is 2.23. The largest absolute Gasteiger partial charge is 0.481 e. The predicted molar refractivity (Wildman–Crippen MR) is 127 cm³/mol. The summed E-state index contributed by atoms with van der Waals surface area (Å²) in [6, 6.07) is 10.0. The SMILES string of the molecule is Cc1ccc2c(=O)n(CC[C@H](C(=O)O)[C@H](O)CCc3ccc(-c4cnn(C)c4)cc3F)nnc2c1. The van der Waals surface area contributed by atoms with E-state index in [4.69, 9.17) is 0 Å². The third-order valence-corrected chi connectivity index (χ3v) is 6.11. The minimum atomic E-state index is -1.23. The minimum Gasteiger partial charge on any atom is -0.481 e. The first-order valence-electron chi connectivity index (χ1n) is 11.3. The fourth-order valence-corrected chi connectivity index (χ4v) is 4.08. The molecule has 182 valence electrons. The van der Waals surface area contributed by atoms with E-state index in [1.54, 1.807) is 54.5 Å². The van der Waals surface area contributed by atoms with Crippen LogP contribution in [0.25, 0.3) is 22.0 Å². The molecule has 0 spiro atoms. The van der Waals surface area contributed by atoms with Gasteiger partial charge in [-0.25, -0.2) is 9.07 Å². The van der Waals surface area contributed by atoms with Crippen molar-refractivity contribution in [2.45, 2.75) is 38.8 Å². The van der Waals surface area contributed by atoms with Gasteiger partial charge in [-0.15, -0.1) is 5.10 Å². The number of hydrogen-bond donors (Lipinski definition) is 2. The Labute approximate surface area is 200 Å². The maximum absolute atomic E-state index is 14.6. The van der Waals surface area contributed by atoms with Gasteiger partial charge in [-0.1, -0.05) is 23.4 Å². The molecule has 0 radical (unpaired) electrons. The molecule has 0 aliphatic heterocycles. The van der Waals surface area contributed by atoms with Crippen LogP contribution in [0.5, 0.6) is 0 Å². The highest BCUT2D eigenvalue weighted by atomic mass is 19.1. The van der Waals surface area contributed by atoms with E-state index >= 15 is 0 Å². The van der Waals surface area contributed by atoms with Crippen LogP contribution in [0.15, 0.2) is 53.6 Å². The van der Waals surface area contributed by atoms with Crippen LogP contribution in [0.1, 0.15) is 24.0 Å². The average Bonchev–Trinajstić information content (AvgIpc) is 3.25. The Balaban J connectivity index is 1.41. The lowest BCUT2D eigenvalue weighted by Gasteiger charge is -2.19. The summed E-state index contributed by atoms with van der Waals surface area (Å²) >= 11 is 0. The first-order valence-corrected chi connectivity index (χ1v) is 11.3. The van der Waals surface area contributed by atoms with Gasteiger partial charge in [-0.2, -0.15) is 5.10 Å². The number of aliphatic hydroxyl groups excluding tert-OH is 1. The van der Waals surface area contributed by atoms with Crippen LogP contribution in [0.2, 0.25) is 0 Å². The number of aliphatic hydroxyl groups is 1. The molecule has 2 heterocycles. The third-order valence-electron chi connectivity index (χ3n) is 6.11. The molecule has 35 heavy (non-hydrogen) atoms. The van der Waals surface area contributed by atoms with Crippen molar-refractivity contribution in [3.05, 3.63) is 76.1 Å². The maximum atomic E-state index is 14.6. The van der Waals surface area contributed by atoms with E-state index in [9.17, 15) is 24.2 Å². The molecule has 0 fully saturated rings. The molecule has 0 bridgehead atoms. The van der Waals surface area contributed by atoms with Gasteiger partial charge in [0.2, 0.25) is 0 Å². The predicted octanol–water partition coefficient (Wildman–Crippen LogP) is 2.72. The van der Waals surface area contributed by atoms with Crippen LogP contribution in [0, 0.1) is 18.7 Å². The zero-order valence-electron chi connectivity index (χ0n) is 19.4. The summed E-state index contributed by atoms with van der Waals surface area (Å²) < 4.78 is 17.4. The number of halogens is 1. The van der Waals surface area contributed by atoms with E-state index in [1.807, 2.05) is 6.92 Å². The number of aromatic nitrogens is 5. The second-order valence-corrected chi connectivity index (χ2v) is 8.69. The highest BCUT2D eigenvalue weighted by molar-refractivity contribution is 5.77. The van der Waals surface area contributed by atoms with Gasteiger partial charge < -0.3 is 10.2 Å². The summed E-state index contributed by atoms with van der Waals surface area (Å²) in [7, 11) is 1.78. The highest BCUT2D eigenvalue weighted by Gasteiger charge is 2.27. The van der Waals surface area contributed by atoms with E-state index < -0.39 is 23.8 Å². The lowest BCUT2D eigenvalue weighted by molar-refractivity contribution is -0.146. The van der Waals surface area contributed by atoms with Crippen LogP contribution < -0.4 is 5.56 Å². The number of fused-ring (bicyclic) bond motifs is 1. The molecule has 10 heteroatoms. The Morgan fingerprint density at radius 3 is 2.63 bits per heavy atom. The number of aryl methyl sites for hydroxylation is 4. The van der Waals surface area contributed by atoms with Gasteiger partial charge in [0.1, 0.15) is 11.3 Å². The molecule has 0 saturated heterocycles. The van der Waals surface area contributed by atoms with Gasteiger partial charge in [-0.05, 0) is 61.1 Å². The number of hydrogen-bond acceptors (Lipinski definition) is 6. The van der Waals surface area contributed by atoms with Crippen molar-refractivity contribution in [1.82, 2.24) is 24.8 Å². The molecule has 4 aromatic rings. The zero-order chi connectivity index (χ0) is 25.1. The quantitative estimate of drug-likeness (QED) is 0.378. The number of aliphatic carboxylic acids is 1. The van der Waals surface area contributed by atoms with Crippen LogP contribution in [0.3, 0.4) is 0 Å². The van der Waals surface area contributed by atoms with Gasteiger partial charge in [0.05, 0.1) is 23.6 Å². The molecule has 4 rings (SSSR count). The van der Waals surface area contributed by atoms with Crippen molar-refractivity contribution < 1.29 is 19.4 Å². The molecule has 2 aromatic heterocycles.